The van der Waals surface area contributed by atoms with Gasteiger partial charge in [-0.25, -0.2) is 4.39 Å². The van der Waals surface area contributed by atoms with Gasteiger partial charge in [-0.3, -0.25) is 0 Å². The third-order valence-corrected chi connectivity index (χ3v) is 3.96. The molecule has 0 aliphatic carbocycles. The number of methoxy groups -OCH3 is 1. The lowest BCUT2D eigenvalue weighted by Gasteiger charge is -2.18. The summed E-state index contributed by atoms with van der Waals surface area (Å²) in [5.41, 5.74) is 2.90. The molecule has 1 N–H and O–H groups in total. The molecular formula is C17H19BrFNO. The second-order valence-electron chi connectivity index (χ2n) is 5.08. The quantitative estimate of drug-likeness (QED) is 0.838. The van der Waals surface area contributed by atoms with Gasteiger partial charge in [-0.2, -0.15) is 0 Å². The molecule has 0 saturated heterocycles. The molecule has 2 nitrogen and oxygen atoms in total. The molecule has 0 saturated carbocycles. The van der Waals surface area contributed by atoms with E-state index in [-0.39, 0.29) is 11.9 Å². The van der Waals surface area contributed by atoms with E-state index in [4.69, 9.17) is 4.74 Å². The second-order valence-corrected chi connectivity index (χ2v) is 6.00. The number of aryl methyl sites for hydroxylation is 1. The molecule has 4 heteroatoms. The Hall–Kier alpha value is -1.39. The number of hydrogen-bond acceptors (Lipinski definition) is 2. The molecule has 0 aliphatic rings. The van der Waals surface area contributed by atoms with Gasteiger partial charge in [0.2, 0.25) is 0 Å². The molecule has 0 bridgehead atoms. The highest BCUT2D eigenvalue weighted by molar-refractivity contribution is 9.10. The fourth-order valence-corrected chi connectivity index (χ4v) is 2.56. The fourth-order valence-electron chi connectivity index (χ4n) is 2.23. The first-order valence-electron chi connectivity index (χ1n) is 6.83. The van der Waals surface area contributed by atoms with E-state index in [2.05, 4.69) is 27.3 Å². The molecule has 0 heterocycles. The van der Waals surface area contributed by atoms with Crippen LogP contribution in [0.1, 0.15) is 29.7 Å². The minimum absolute atomic E-state index is 0.0721. The van der Waals surface area contributed by atoms with Crippen molar-refractivity contribution in [3.63, 3.8) is 0 Å². The van der Waals surface area contributed by atoms with E-state index >= 15 is 0 Å². The standard InChI is InChI=1S/C17H19BrFNO/c1-11-4-7-17(21-3)15(8-11)12(2)20-10-13-5-6-14(18)9-16(13)19/h4-9,12,20H,10H2,1-3H3. The zero-order valence-corrected chi connectivity index (χ0v) is 14.0. The van der Waals surface area contributed by atoms with Crippen LogP contribution in [0.15, 0.2) is 40.9 Å². The van der Waals surface area contributed by atoms with Crippen molar-refractivity contribution in [2.75, 3.05) is 7.11 Å². The Bertz CT molecular complexity index is 630. The van der Waals surface area contributed by atoms with Gasteiger partial charge < -0.3 is 10.1 Å². The van der Waals surface area contributed by atoms with Crippen LogP contribution in [0.3, 0.4) is 0 Å². The van der Waals surface area contributed by atoms with Crippen molar-refractivity contribution in [1.82, 2.24) is 5.32 Å². The predicted molar refractivity (Wildman–Crippen MR) is 87.1 cm³/mol. The van der Waals surface area contributed by atoms with E-state index in [1.165, 1.54) is 11.6 Å². The molecular weight excluding hydrogens is 333 g/mol. The minimum Gasteiger partial charge on any atom is -0.496 e. The van der Waals surface area contributed by atoms with E-state index in [0.29, 0.717) is 12.1 Å². The maximum atomic E-state index is 13.8. The largest absolute Gasteiger partial charge is 0.496 e. The number of nitrogens with one attached hydrogen (secondary N) is 1. The highest BCUT2D eigenvalue weighted by Crippen LogP contribution is 2.26. The molecule has 1 unspecified atom stereocenters. The number of hydrogen-bond donors (Lipinski definition) is 1. The SMILES string of the molecule is COc1ccc(C)cc1C(C)NCc1ccc(Br)cc1F. The van der Waals surface area contributed by atoms with Crippen molar-refractivity contribution in [3.05, 3.63) is 63.4 Å². The van der Waals surface area contributed by atoms with Crippen LogP contribution in [-0.2, 0) is 6.54 Å². The van der Waals surface area contributed by atoms with Gasteiger partial charge in [-0.15, -0.1) is 0 Å². The molecule has 112 valence electrons. The maximum absolute atomic E-state index is 13.8. The lowest BCUT2D eigenvalue weighted by Crippen LogP contribution is -2.19. The van der Waals surface area contributed by atoms with Crippen LogP contribution in [0, 0.1) is 12.7 Å². The van der Waals surface area contributed by atoms with Gasteiger partial charge in [0.05, 0.1) is 7.11 Å². The van der Waals surface area contributed by atoms with E-state index < -0.39 is 0 Å². The molecule has 0 aromatic heterocycles. The smallest absolute Gasteiger partial charge is 0.128 e. The Balaban J connectivity index is 2.11. The van der Waals surface area contributed by atoms with Gasteiger partial charge in [0.1, 0.15) is 11.6 Å². The second kappa shape index (κ2) is 7.05. The predicted octanol–water partition coefficient (Wildman–Crippen LogP) is 4.76. The third-order valence-electron chi connectivity index (χ3n) is 3.47. The summed E-state index contributed by atoms with van der Waals surface area (Å²) in [4.78, 5) is 0. The van der Waals surface area contributed by atoms with Gasteiger partial charge in [0, 0.05) is 28.2 Å². The van der Waals surface area contributed by atoms with E-state index in [1.54, 1.807) is 13.2 Å². The summed E-state index contributed by atoms with van der Waals surface area (Å²) in [6.07, 6.45) is 0. The molecule has 0 amide bonds. The van der Waals surface area contributed by atoms with Crippen molar-refractivity contribution < 1.29 is 9.13 Å². The lowest BCUT2D eigenvalue weighted by atomic mass is 10.0. The third kappa shape index (κ3) is 4.05. The van der Waals surface area contributed by atoms with Crippen LogP contribution < -0.4 is 10.1 Å². The Morgan fingerprint density at radius 3 is 2.67 bits per heavy atom. The molecule has 2 aromatic carbocycles. The highest BCUT2D eigenvalue weighted by atomic mass is 79.9. The van der Waals surface area contributed by atoms with Gasteiger partial charge in [-0.05, 0) is 32.0 Å². The van der Waals surface area contributed by atoms with Crippen LogP contribution in [-0.4, -0.2) is 7.11 Å². The van der Waals surface area contributed by atoms with Crippen molar-refractivity contribution in [1.29, 1.82) is 0 Å². The summed E-state index contributed by atoms with van der Waals surface area (Å²) in [6, 6.07) is 11.3. The summed E-state index contributed by atoms with van der Waals surface area (Å²) in [7, 11) is 1.66. The van der Waals surface area contributed by atoms with Crippen molar-refractivity contribution in [2.24, 2.45) is 0 Å². The highest BCUT2D eigenvalue weighted by Gasteiger charge is 2.12. The summed E-state index contributed by atoms with van der Waals surface area (Å²) in [6.45, 7) is 4.56. The number of rotatable bonds is 5. The van der Waals surface area contributed by atoms with E-state index in [0.717, 1.165) is 15.8 Å². The molecule has 2 rings (SSSR count). The first-order valence-corrected chi connectivity index (χ1v) is 7.62. The summed E-state index contributed by atoms with van der Waals surface area (Å²) in [5.74, 6) is 0.636. The molecule has 0 aliphatic heterocycles. The van der Waals surface area contributed by atoms with Crippen molar-refractivity contribution >= 4 is 15.9 Å². The average Bonchev–Trinajstić information content (AvgIpc) is 2.46. The van der Waals surface area contributed by atoms with Crippen LogP contribution in [0.2, 0.25) is 0 Å². The van der Waals surface area contributed by atoms with E-state index in [1.807, 2.05) is 32.0 Å². The summed E-state index contributed by atoms with van der Waals surface area (Å²) in [5, 5.41) is 3.34. The topological polar surface area (TPSA) is 21.3 Å². The average molecular weight is 352 g/mol. The van der Waals surface area contributed by atoms with Gasteiger partial charge in [-0.1, -0.05) is 39.7 Å². The van der Waals surface area contributed by atoms with Crippen molar-refractivity contribution in [2.45, 2.75) is 26.4 Å². The molecule has 0 spiro atoms. The molecule has 1 atom stereocenters. The molecule has 21 heavy (non-hydrogen) atoms. The molecule has 0 radical (unpaired) electrons. The van der Waals surface area contributed by atoms with Gasteiger partial charge in [0.15, 0.2) is 0 Å². The molecule has 0 fully saturated rings. The van der Waals surface area contributed by atoms with Crippen LogP contribution in [0.4, 0.5) is 4.39 Å². The zero-order valence-electron chi connectivity index (χ0n) is 12.4. The van der Waals surface area contributed by atoms with Gasteiger partial charge >= 0.3 is 0 Å². The monoisotopic (exact) mass is 351 g/mol. The normalized spacial score (nSPS) is 12.2. The van der Waals surface area contributed by atoms with E-state index in [9.17, 15) is 4.39 Å². The fraction of sp³-hybridized carbons (Fsp3) is 0.294. The summed E-state index contributed by atoms with van der Waals surface area (Å²) < 4.78 is 20.0. The zero-order chi connectivity index (χ0) is 15.4. The lowest BCUT2D eigenvalue weighted by molar-refractivity contribution is 0.401. The Kier molecular flexibility index (Phi) is 5.37. The van der Waals surface area contributed by atoms with Crippen LogP contribution in [0.25, 0.3) is 0 Å². The Morgan fingerprint density at radius 2 is 2.00 bits per heavy atom. The summed E-state index contributed by atoms with van der Waals surface area (Å²) >= 11 is 3.26. The van der Waals surface area contributed by atoms with Crippen molar-refractivity contribution in [3.8, 4) is 5.75 Å². The number of ether oxygens (including phenoxy) is 1. The minimum atomic E-state index is -0.208. The maximum Gasteiger partial charge on any atom is 0.128 e. The van der Waals surface area contributed by atoms with Crippen LogP contribution >= 0.6 is 15.9 Å². The van der Waals surface area contributed by atoms with Gasteiger partial charge in [0.25, 0.3) is 0 Å². The first kappa shape index (κ1) is 16.0. The Morgan fingerprint density at radius 1 is 1.24 bits per heavy atom. The molecule has 2 aromatic rings. The Labute approximate surface area is 133 Å². The number of benzene rings is 2. The first-order chi connectivity index (χ1) is 10.0. The van der Waals surface area contributed by atoms with Crippen LogP contribution in [0.5, 0.6) is 5.75 Å². The number of halogens is 2.